The zero-order valence-electron chi connectivity index (χ0n) is 11.1. The lowest BCUT2D eigenvalue weighted by molar-refractivity contribution is -0.142. The molecule has 102 valence electrons. The van der Waals surface area contributed by atoms with Gasteiger partial charge in [-0.25, -0.2) is 0 Å². The zero-order chi connectivity index (χ0) is 13.2. The zero-order valence-corrected chi connectivity index (χ0v) is 11.1. The van der Waals surface area contributed by atoms with Crippen LogP contribution >= 0.6 is 0 Å². The van der Waals surface area contributed by atoms with E-state index in [9.17, 15) is 9.59 Å². The monoisotopic (exact) mass is 253 g/mol. The van der Waals surface area contributed by atoms with Crippen LogP contribution in [-0.4, -0.2) is 23.0 Å². The highest BCUT2D eigenvalue weighted by Crippen LogP contribution is 2.50. The predicted octanol–water partition coefficient (Wildman–Crippen LogP) is 2.33. The normalized spacial score (nSPS) is 29.6. The minimum atomic E-state index is -0.690. The first-order valence-electron chi connectivity index (χ1n) is 7.11. The second kappa shape index (κ2) is 5.29. The highest BCUT2D eigenvalue weighted by atomic mass is 16.4. The van der Waals surface area contributed by atoms with Crippen LogP contribution in [0.15, 0.2) is 0 Å². The number of aliphatic carboxylic acids is 1. The van der Waals surface area contributed by atoms with Crippen LogP contribution in [0.2, 0.25) is 0 Å². The van der Waals surface area contributed by atoms with Crippen molar-refractivity contribution >= 4 is 11.9 Å². The van der Waals surface area contributed by atoms with E-state index in [4.69, 9.17) is 5.11 Å². The molecule has 2 aliphatic carbocycles. The lowest BCUT2D eigenvalue weighted by Crippen LogP contribution is -2.42. The molecule has 0 aliphatic heterocycles. The first-order valence-corrected chi connectivity index (χ1v) is 7.11. The Morgan fingerprint density at radius 3 is 2.28 bits per heavy atom. The maximum atomic E-state index is 12.2. The second-order valence-electron chi connectivity index (χ2n) is 5.89. The molecule has 1 amide bonds. The average Bonchev–Trinajstić information content (AvgIpc) is 3.11. The standard InChI is InChI=1S/C14H23NO3/c1-2-7-14(8-9-14)13(18)15-11-5-3-10(4-6-11)12(16)17/h10-11H,2-9H2,1H3,(H,15,18)(H,16,17). The lowest BCUT2D eigenvalue weighted by atomic mass is 9.85. The van der Waals surface area contributed by atoms with Crippen LogP contribution in [0.3, 0.4) is 0 Å². The van der Waals surface area contributed by atoms with E-state index >= 15 is 0 Å². The molecule has 4 heteroatoms. The van der Waals surface area contributed by atoms with Gasteiger partial charge in [-0.2, -0.15) is 0 Å². The molecule has 0 aromatic rings. The first kappa shape index (κ1) is 13.4. The van der Waals surface area contributed by atoms with Crippen molar-refractivity contribution in [1.29, 1.82) is 0 Å². The second-order valence-corrected chi connectivity index (χ2v) is 5.89. The Bertz CT molecular complexity index is 328. The number of carbonyl (C=O) groups excluding carboxylic acids is 1. The van der Waals surface area contributed by atoms with Gasteiger partial charge >= 0.3 is 5.97 Å². The summed E-state index contributed by atoms with van der Waals surface area (Å²) < 4.78 is 0. The maximum Gasteiger partial charge on any atom is 0.306 e. The number of carbonyl (C=O) groups is 2. The summed E-state index contributed by atoms with van der Waals surface area (Å²) >= 11 is 0. The van der Waals surface area contributed by atoms with Gasteiger partial charge < -0.3 is 10.4 Å². The number of carboxylic acids is 1. The third-order valence-corrected chi connectivity index (χ3v) is 4.48. The van der Waals surface area contributed by atoms with E-state index < -0.39 is 5.97 Å². The van der Waals surface area contributed by atoms with Crippen LogP contribution in [0.4, 0.5) is 0 Å². The quantitative estimate of drug-likeness (QED) is 0.790. The maximum absolute atomic E-state index is 12.2. The minimum Gasteiger partial charge on any atom is -0.481 e. The van der Waals surface area contributed by atoms with Crippen LogP contribution in [0.1, 0.15) is 58.3 Å². The highest BCUT2D eigenvalue weighted by Gasteiger charge is 2.49. The Labute approximate surface area is 108 Å². The minimum absolute atomic E-state index is 0.0710. The summed E-state index contributed by atoms with van der Waals surface area (Å²) in [7, 11) is 0. The molecule has 0 unspecified atom stereocenters. The molecule has 2 aliphatic rings. The fraction of sp³-hybridized carbons (Fsp3) is 0.857. The van der Waals surface area contributed by atoms with Gasteiger partial charge in [-0.3, -0.25) is 9.59 Å². The van der Waals surface area contributed by atoms with Gasteiger partial charge in [0.2, 0.25) is 5.91 Å². The number of nitrogens with one attached hydrogen (secondary N) is 1. The van der Waals surface area contributed by atoms with E-state index in [1.807, 2.05) is 0 Å². The molecule has 0 aromatic heterocycles. The molecule has 0 saturated heterocycles. The highest BCUT2D eigenvalue weighted by molar-refractivity contribution is 5.85. The van der Waals surface area contributed by atoms with Crippen molar-refractivity contribution < 1.29 is 14.7 Å². The van der Waals surface area contributed by atoms with E-state index in [0.29, 0.717) is 12.8 Å². The largest absolute Gasteiger partial charge is 0.481 e. The topological polar surface area (TPSA) is 66.4 Å². The summed E-state index contributed by atoms with van der Waals surface area (Å²) in [5.41, 5.74) is -0.0710. The summed E-state index contributed by atoms with van der Waals surface area (Å²) in [4.78, 5) is 23.0. The predicted molar refractivity (Wildman–Crippen MR) is 68.1 cm³/mol. The molecule has 0 heterocycles. The molecule has 2 rings (SSSR count). The van der Waals surface area contributed by atoms with Gasteiger partial charge in [0, 0.05) is 11.5 Å². The Morgan fingerprint density at radius 1 is 1.22 bits per heavy atom. The van der Waals surface area contributed by atoms with Crippen LogP contribution in [0.5, 0.6) is 0 Å². The van der Waals surface area contributed by atoms with E-state index in [-0.39, 0.29) is 23.3 Å². The van der Waals surface area contributed by atoms with Crippen molar-refractivity contribution in [1.82, 2.24) is 5.32 Å². The molecular weight excluding hydrogens is 230 g/mol. The van der Waals surface area contributed by atoms with Gasteiger partial charge in [0.25, 0.3) is 0 Å². The molecule has 2 fully saturated rings. The molecule has 2 N–H and O–H groups in total. The molecular formula is C14H23NO3. The van der Waals surface area contributed by atoms with E-state index in [1.54, 1.807) is 0 Å². The fourth-order valence-corrected chi connectivity index (χ4v) is 3.04. The van der Waals surface area contributed by atoms with E-state index in [2.05, 4.69) is 12.2 Å². The number of carboxylic acid groups (broad SMARTS) is 1. The van der Waals surface area contributed by atoms with Crippen LogP contribution < -0.4 is 5.32 Å². The summed E-state index contributed by atoms with van der Waals surface area (Å²) in [5, 5.41) is 12.1. The van der Waals surface area contributed by atoms with E-state index in [0.717, 1.165) is 38.5 Å². The molecule has 2 saturated carbocycles. The van der Waals surface area contributed by atoms with Crippen LogP contribution in [0, 0.1) is 11.3 Å². The smallest absolute Gasteiger partial charge is 0.306 e. The van der Waals surface area contributed by atoms with Crippen LogP contribution in [0.25, 0.3) is 0 Å². The number of amides is 1. The fourth-order valence-electron chi connectivity index (χ4n) is 3.04. The van der Waals surface area contributed by atoms with Gasteiger partial charge in [-0.1, -0.05) is 13.3 Å². The molecule has 18 heavy (non-hydrogen) atoms. The number of hydrogen-bond donors (Lipinski definition) is 2. The van der Waals surface area contributed by atoms with Gasteiger partial charge in [0.1, 0.15) is 0 Å². The summed E-state index contributed by atoms with van der Waals surface area (Å²) in [6, 6.07) is 0.197. The molecule has 0 radical (unpaired) electrons. The van der Waals surface area contributed by atoms with Gasteiger partial charge in [0.15, 0.2) is 0 Å². The lowest BCUT2D eigenvalue weighted by Gasteiger charge is -2.28. The average molecular weight is 253 g/mol. The van der Waals surface area contributed by atoms with Crippen molar-refractivity contribution in [2.45, 2.75) is 64.3 Å². The third kappa shape index (κ3) is 2.85. The molecule has 0 bridgehead atoms. The Hall–Kier alpha value is -1.06. The number of hydrogen-bond acceptors (Lipinski definition) is 2. The molecule has 4 nitrogen and oxygen atoms in total. The molecule has 0 atom stereocenters. The van der Waals surface area contributed by atoms with Crippen molar-refractivity contribution in [3.63, 3.8) is 0 Å². The number of rotatable bonds is 5. The van der Waals surface area contributed by atoms with Gasteiger partial charge in [-0.15, -0.1) is 0 Å². The summed E-state index contributed by atoms with van der Waals surface area (Å²) in [6.45, 7) is 2.12. The summed E-state index contributed by atoms with van der Waals surface area (Å²) in [5.74, 6) is -0.684. The third-order valence-electron chi connectivity index (χ3n) is 4.48. The van der Waals surface area contributed by atoms with Crippen molar-refractivity contribution in [3.8, 4) is 0 Å². The first-order chi connectivity index (χ1) is 8.57. The molecule has 0 aromatic carbocycles. The molecule has 0 spiro atoms. The van der Waals surface area contributed by atoms with Crippen LogP contribution in [-0.2, 0) is 9.59 Å². The Morgan fingerprint density at radius 2 is 1.83 bits per heavy atom. The van der Waals surface area contributed by atoms with Crippen molar-refractivity contribution in [2.75, 3.05) is 0 Å². The van der Waals surface area contributed by atoms with Gasteiger partial charge in [-0.05, 0) is 44.9 Å². The Kier molecular flexibility index (Phi) is 3.93. The van der Waals surface area contributed by atoms with Crippen molar-refractivity contribution in [3.05, 3.63) is 0 Å². The van der Waals surface area contributed by atoms with Gasteiger partial charge in [0.05, 0.1) is 5.92 Å². The van der Waals surface area contributed by atoms with E-state index in [1.165, 1.54) is 0 Å². The SMILES string of the molecule is CCCC1(C(=O)NC2CCC(C(=O)O)CC2)CC1. The van der Waals surface area contributed by atoms with Crippen molar-refractivity contribution in [2.24, 2.45) is 11.3 Å². The summed E-state index contributed by atoms with van der Waals surface area (Å²) in [6.07, 6.45) is 7.11. The Balaban J connectivity index is 1.78.